The summed E-state index contributed by atoms with van der Waals surface area (Å²) in [5.41, 5.74) is 0. The SMILES string of the molecule is O=c1cc(SCC#CCOc2ccc(Cl)cc2)c2ccccc2s1. The minimum atomic E-state index is 0.0650. The van der Waals surface area contributed by atoms with Gasteiger partial charge in [-0.25, -0.2) is 0 Å². The molecule has 0 aliphatic heterocycles. The third-order valence-electron chi connectivity index (χ3n) is 3.16. The Bertz CT molecular complexity index is 953. The minimum Gasteiger partial charge on any atom is -0.481 e. The van der Waals surface area contributed by atoms with Crippen molar-refractivity contribution in [1.82, 2.24) is 0 Å². The molecule has 0 atom stereocenters. The molecule has 24 heavy (non-hydrogen) atoms. The van der Waals surface area contributed by atoms with Crippen molar-refractivity contribution in [2.45, 2.75) is 4.90 Å². The molecule has 5 heteroatoms. The molecule has 0 amide bonds. The standard InChI is InChI=1S/C19H13ClO2S2/c20-14-7-9-15(10-8-14)22-11-3-4-12-23-18-13-19(21)24-17-6-2-1-5-16(17)18/h1-2,5-10,13H,11-12H2. The molecule has 1 heterocycles. The van der Waals surface area contributed by atoms with E-state index in [9.17, 15) is 4.79 Å². The van der Waals surface area contributed by atoms with Gasteiger partial charge in [-0.2, -0.15) is 0 Å². The maximum atomic E-state index is 11.8. The summed E-state index contributed by atoms with van der Waals surface area (Å²) in [7, 11) is 0. The van der Waals surface area contributed by atoms with Crippen LogP contribution in [0, 0.1) is 11.8 Å². The number of rotatable bonds is 4. The number of fused-ring (bicyclic) bond motifs is 1. The van der Waals surface area contributed by atoms with Gasteiger partial charge < -0.3 is 4.74 Å². The molecule has 0 saturated carbocycles. The molecule has 2 aromatic carbocycles. The summed E-state index contributed by atoms with van der Waals surface area (Å²) in [5, 5.41) is 1.78. The van der Waals surface area contributed by atoms with Gasteiger partial charge in [-0.05, 0) is 30.3 Å². The fourth-order valence-corrected chi connectivity index (χ4v) is 4.01. The molecule has 1 aromatic heterocycles. The number of hydrogen-bond acceptors (Lipinski definition) is 4. The van der Waals surface area contributed by atoms with Gasteiger partial charge in [0.15, 0.2) is 0 Å². The zero-order chi connectivity index (χ0) is 16.8. The van der Waals surface area contributed by atoms with Gasteiger partial charge in [-0.15, -0.1) is 11.8 Å². The average molecular weight is 373 g/mol. The van der Waals surface area contributed by atoms with Crippen LogP contribution in [0.15, 0.2) is 64.3 Å². The molecule has 0 unspecified atom stereocenters. The molecule has 0 aliphatic rings. The fourth-order valence-electron chi connectivity index (χ4n) is 2.07. The molecule has 0 spiro atoms. The van der Waals surface area contributed by atoms with Crippen LogP contribution in [0.3, 0.4) is 0 Å². The topological polar surface area (TPSA) is 26.3 Å². The summed E-state index contributed by atoms with van der Waals surface area (Å²) >= 11 is 8.66. The molecule has 0 aliphatic carbocycles. The summed E-state index contributed by atoms with van der Waals surface area (Å²) in [5.74, 6) is 7.40. The van der Waals surface area contributed by atoms with E-state index in [1.54, 1.807) is 30.0 Å². The van der Waals surface area contributed by atoms with Gasteiger partial charge in [-0.3, -0.25) is 4.79 Å². The Morgan fingerprint density at radius 1 is 1.08 bits per heavy atom. The van der Waals surface area contributed by atoms with E-state index in [-0.39, 0.29) is 4.74 Å². The Hall–Kier alpha value is -1.93. The van der Waals surface area contributed by atoms with Crippen LogP contribution in [0.5, 0.6) is 5.75 Å². The second kappa shape index (κ2) is 8.25. The maximum Gasteiger partial charge on any atom is 0.234 e. The van der Waals surface area contributed by atoms with Gasteiger partial charge in [0.05, 0.1) is 5.75 Å². The first kappa shape index (κ1) is 16.9. The molecular weight excluding hydrogens is 360 g/mol. The predicted molar refractivity (Wildman–Crippen MR) is 104 cm³/mol. The van der Waals surface area contributed by atoms with Gasteiger partial charge in [-0.1, -0.05) is 53.0 Å². The third-order valence-corrected chi connectivity index (χ3v) is 5.25. The highest BCUT2D eigenvalue weighted by Gasteiger charge is 2.03. The van der Waals surface area contributed by atoms with E-state index >= 15 is 0 Å². The van der Waals surface area contributed by atoms with Crippen molar-refractivity contribution < 1.29 is 4.74 Å². The molecule has 2 nitrogen and oxygen atoms in total. The van der Waals surface area contributed by atoms with E-state index in [2.05, 4.69) is 11.8 Å². The van der Waals surface area contributed by atoms with Crippen LogP contribution < -0.4 is 9.48 Å². The fraction of sp³-hybridized carbons (Fsp3) is 0.105. The van der Waals surface area contributed by atoms with Crippen molar-refractivity contribution >= 4 is 44.8 Å². The lowest BCUT2D eigenvalue weighted by molar-refractivity contribution is 0.370. The Balaban J connectivity index is 1.57. The summed E-state index contributed by atoms with van der Waals surface area (Å²) in [6.07, 6.45) is 0. The average Bonchev–Trinajstić information content (AvgIpc) is 2.59. The summed E-state index contributed by atoms with van der Waals surface area (Å²) in [6.45, 7) is 0.326. The number of benzene rings is 2. The Kier molecular flexibility index (Phi) is 5.81. The van der Waals surface area contributed by atoms with Crippen LogP contribution in [0.2, 0.25) is 5.02 Å². The monoisotopic (exact) mass is 372 g/mol. The second-order valence-corrected chi connectivity index (χ2v) is 7.31. The molecular formula is C19H13ClO2S2. The van der Waals surface area contributed by atoms with Gasteiger partial charge >= 0.3 is 0 Å². The molecule has 120 valence electrons. The first-order valence-corrected chi connectivity index (χ1v) is 9.40. The summed E-state index contributed by atoms with van der Waals surface area (Å²) in [6, 6.07) is 16.8. The van der Waals surface area contributed by atoms with Crippen molar-refractivity contribution in [1.29, 1.82) is 0 Å². The van der Waals surface area contributed by atoms with Crippen LogP contribution in [-0.2, 0) is 0 Å². The molecule has 0 bridgehead atoms. The normalized spacial score (nSPS) is 10.2. The van der Waals surface area contributed by atoms with Crippen LogP contribution in [-0.4, -0.2) is 12.4 Å². The Morgan fingerprint density at radius 3 is 2.71 bits per heavy atom. The molecule has 0 fully saturated rings. The van der Waals surface area contributed by atoms with Gasteiger partial charge in [0.25, 0.3) is 0 Å². The molecule has 0 saturated heterocycles. The van der Waals surface area contributed by atoms with Crippen molar-refractivity contribution in [3.63, 3.8) is 0 Å². The van der Waals surface area contributed by atoms with Gasteiger partial charge in [0.1, 0.15) is 12.4 Å². The summed E-state index contributed by atoms with van der Waals surface area (Å²) < 4.78 is 6.58. The zero-order valence-electron chi connectivity index (χ0n) is 12.6. The second-order valence-electron chi connectivity index (χ2n) is 4.81. The lowest BCUT2D eigenvalue weighted by atomic mass is 10.2. The first-order valence-electron chi connectivity index (χ1n) is 7.22. The smallest absolute Gasteiger partial charge is 0.234 e. The van der Waals surface area contributed by atoms with Crippen molar-refractivity contribution in [2.75, 3.05) is 12.4 Å². The highest BCUT2D eigenvalue weighted by Crippen LogP contribution is 2.27. The summed E-state index contributed by atoms with van der Waals surface area (Å²) in [4.78, 5) is 12.7. The van der Waals surface area contributed by atoms with E-state index in [4.69, 9.17) is 16.3 Å². The largest absolute Gasteiger partial charge is 0.481 e. The van der Waals surface area contributed by atoms with Crippen molar-refractivity contribution in [3.8, 4) is 17.6 Å². The van der Waals surface area contributed by atoms with Crippen LogP contribution >= 0.6 is 34.7 Å². The maximum absolute atomic E-state index is 11.8. The van der Waals surface area contributed by atoms with E-state index in [1.807, 2.05) is 36.4 Å². The van der Waals surface area contributed by atoms with Crippen LogP contribution in [0.4, 0.5) is 0 Å². The molecule has 0 radical (unpaired) electrons. The lowest BCUT2D eigenvalue weighted by Gasteiger charge is -2.02. The number of thioether (sulfide) groups is 1. The zero-order valence-corrected chi connectivity index (χ0v) is 15.0. The van der Waals surface area contributed by atoms with Crippen LogP contribution in [0.1, 0.15) is 0 Å². The number of ether oxygens (including phenoxy) is 1. The van der Waals surface area contributed by atoms with E-state index < -0.39 is 0 Å². The van der Waals surface area contributed by atoms with Gasteiger partial charge in [0, 0.05) is 26.1 Å². The van der Waals surface area contributed by atoms with E-state index in [0.29, 0.717) is 17.4 Å². The quantitative estimate of drug-likeness (QED) is 0.471. The molecule has 0 N–H and O–H groups in total. The number of halogens is 1. The Morgan fingerprint density at radius 2 is 1.88 bits per heavy atom. The van der Waals surface area contributed by atoms with Gasteiger partial charge in [0.2, 0.25) is 4.74 Å². The Labute approximate surface area is 153 Å². The van der Waals surface area contributed by atoms with Crippen molar-refractivity contribution in [3.05, 3.63) is 69.2 Å². The highest BCUT2D eigenvalue weighted by molar-refractivity contribution is 7.99. The first-order chi connectivity index (χ1) is 11.7. The predicted octanol–water partition coefficient (Wildman–Crippen LogP) is 5.09. The van der Waals surface area contributed by atoms with Crippen LogP contribution in [0.25, 0.3) is 10.1 Å². The minimum absolute atomic E-state index is 0.0650. The lowest BCUT2D eigenvalue weighted by Crippen LogP contribution is -1.94. The number of hydrogen-bond donors (Lipinski definition) is 0. The van der Waals surface area contributed by atoms with E-state index in [1.165, 1.54) is 11.3 Å². The highest BCUT2D eigenvalue weighted by atomic mass is 35.5. The van der Waals surface area contributed by atoms with E-state index in [0.717, 1.165) is 20.7 Å². The van der Waals surface area contributed by atoms with Crippen molar-refractivity contribution in [2.24, 2.45) is 0 Å². The third kappa shape index (κ3) is 4.55. The molecule has 3 aromatic rings. The molecule has 3 rings (SSSR count).